The second-order valence-corrected chi connectivity index (χ2v) is 9.19. The van der Waals surface area contributed by atoms with Crippen LogP contribution >= 0.6 is 0 Å². The van der Waals surface area contributed by atoms with Crippen molar-refractivity contribution in [1.82, 2.24) is 10.2 Å². The molecule has 0 unspecified atom stereocenters. The lowest BCUT2D eigenvalue weighted by Crippen LogP contribution is -2.33. The highest BCUT2D eigenvalue weighted by molar-refractivity contribution is 5.28. The average Bonchev–Trinajstić information content (AvgIpc) is 2.96. The quantitative estimate of drug-likeness (QED) is 0.138. The SMILES string of the molecule is C=C.C=N/C=C\C(=C/CNCc1ccccc1F)CC1CCN(C(=C)CCc2ccc(C)cc2)CC1.CN. The third-order valence-corrected chi connectivity index (χ3v) is 6.58. The number of piperidine rings is 1. The Kier molecular flexibility index (Phi) is 17.0. The fourth-order valence-electron chi connectivity index (χ4n) is 4.41. The molecule has 0 aliphatic carbocycles. The molecule has 206 valence electrons. The lowest BCUT2D eigenvalue weighted by atomic mass is 9.89. The van der Waals surface area contributed by atoms with E-state index in [0.717, 1.165) is 32.4 Å². The van der Waals surface area contributed by atoms with Gasteiger partial charge in [0.05, 0.1) is 0 Å². The molecule has 2 aromatic rings. The first-order valence-electron chi connectivity index (χ1n) is 13.4. The number of hydrogen-bond donors (Lipinski definition) is 2. The molecule has 3 rings (SSSR count). The molecular formula is C33H47FN4. The summed E-state index contributed by atoms with van der Waals surface area (Å²) in [5, 5.41) is 3.32. The first kappa shape index (κ1) is 32.7. The molecule has 1 aliphatic rings. The third-order valence-electron chi connectivity index (χ3n) is 6.58. The third kappa shape index (κ3) is 12.3. The molecule has 0 radical (unpaired) electrons. The molecule has 3 N–H and O–H groups in total. The topological polar surface area (TPSA) is 53.7 Å². The first-order valence-corrected chi connectivity index (χ1v) is 13.4. The molecule has 0 amide bonds. The van der Waals surface area contributed by atoms with Gasteiger partial charge >= 0.3 is 0 Å². The van der Waals surface area contributed by atoms with Crippen LogP contribution in [0.15, 0.2) is 103 Å². The van der Waals surface area contributed by atoms with E-state index in [1.807, 2.05) is 18.2 Å². The molecule has 1 fully saturated rings. The molecule has 0 aromatic heterocycles. The van der Waals surface area contributed by atoms with E-state index < -0.39 is 0 Å². The number of nitrogens with zero attached hydrogens (tertiary/aromatic N) is 2. The Morgan fingerprint density at radius 1 is 1.11 bits per heavy atom. The van der Waals surface area contributed by atoms with Gasteiger partial charge in [-0.1, -0.05) is 60.7 Å². The summed E-state index contributed by atoms with van der Waals surface area (Å²) in [4.78, 5) is 6.34. The summed E-state index contributed by atoms with van der Waals surface area (Å²) in [7, 11) is 1.50. The van der Waals surface area contributed by atoms with E-state index in [0.29, 0.717) is 24.6 Å². The molecule has 1 saturated heterocycles. The van der Waals surface area contributed by atoms with Crippen LogP contribution in [0.3, 0.4) is 0 Å². The van der Waals surface area contributed by atoms with Gasteiger partial charge in [0.15, 0.2) is 0 Å². The number of hydrogen-bond acceptors (Lipinski definition) is 4. The Hall–Kier alpha value is -3.28. The number of nitrogens with one attached hydrogen (secondary N) is 1. The highest BCUT2D eigenvalue weighted by atomic mass is 19.1. The summed E-state index contributed by atoms with van der Waals surface area (Å²) in [5.41, 5.74) is 10.4. The summed E-state index contributed by atoms with van der Waals surface area (Å²) in [6, 6.07) is 15.7. The van der Waals surface area contributed by atoms with Crippen molar-refractivity contribution in [3.8, 4) is 0 Å². The van der Waals surface area contributed by atoms with Crippen molar-refractivity contribution < 1.29 is 4.39 Å². The van der Waals surface area contributed by atoms with Gasteiger partial charge in [-0.3, -0.25) is 4.99 Å². The zero-order valence-corrected chi connectivity index (χ0v) is 23.5. The Bertz CT molecular complexity index is 1000. The predicted octanol–water partition coefficient (Wildman–Crippen LogP) is 6.99. The summed E-state index contributed by atoms with van der Waals surface area (Å²) < 4.78 is 13.8. The van der Waals surface area contributed by atoms with E-state index in [1.165, 1.54) is 48.4 Å². The molecule has 4 nitrogen and oxygen atoms in total. The van der Waals surface area contributed by atoms with Gasteiger partial charge in [-0.05, 0) is 82.0 Å². The van der Waals surface area contributed by atoms with Crippen molar-refractivity contribution in [1.29, 1.82) is 0 Å². The highest BCUT2D eigenvalue weighted by Crippen LogP contribution is 2.27. The number of benzene rings is 2. The van der Waals surface area contributed by atoms with Crippen LogP contribution in [-0.4, -0.2) is 38.3 Å². The summed E-state index contributed by atoms with van der Waals surface area (Å²) >= 11 is 0. The molecule has 5 heteroatoms. The zero-order chi connectivity index (χ0) is 28.2. The van der Waals surface area contributed by atoms with E-state index in [4.69, 9.17) is 0 Å². The fraction of sp³-hybridized carbons (Fsp3) is 0.364. The molecule has 0 bridgehead atoms. The standard InChI is InChI=1S/C30H38FN3.C2H4.CH5N/c1-24-8-11-26(12-9-24)13-10-25(2)34-20-16-28(17-21-34)22-27(14-18-32-3)15-19-33-23-29-6-4-5-7-30(29)31;2*1-2/h4-9,11-12,14-15,18,28,33H,2-3,10,13,16-17,19-23H2,1H3;1-2H2;2H2,1H3/b18-14-,27-15+;;. The van der Waals surface area contributed by atoms with Gasteiger partial charge in [-0.2, -0.15) is 0 Å². The summed E-state index contributed by atoms with van der Waals surface area (Å²) in [6.45, 7) is 19.4. The van der Waals surface area contributed by atoms with Crippen LogP contribution in [0.25, 0.3) is 0 Å². The zero-order valence-electron chi connectivity index (χ0n) is 23.5. The molecule has 38 heavy (non-hydrogen) atoms. The minimum atomic E-state index is -0.165. The van der Waals surface area contributed by atoms with E-state index in [-0.39, 0.29) is 5.82 Å². The second-order valence-electron chi connectivity index (χ2n) is 9.19. The highest BCUT2D eigenvalue weighted by Gasteiger charge is 2.20. The number of allylic oxidation sites excluding steroid dienone is 3. The van der Waals surface area contributed by atoms with Gasteiger partial charge in [0.1, 0.15) is 5.82 Å². The maximum absolute atomic E-state index is 13.8. The van der Waals surface area contributed by atoms with Gasteiger partial charge < -0.3 is 16.0 Å². The van der Waals surface area contributed by atoms with Crippen LogP contribution in [0.4, 0.5) is 4.39 Å². The molecule has 0 spiro atoms. The number of rotatable bonds is 12. The Labute approximate surface area is 230 Å². The van der Waals surface area contributed by atoms with Crippen LogP contribution in [0, 0.1) is 18.7 Å². The lowest BCUT2D eigenvalue weighted by molar-refractivity contribution is 0.221. The minimum absolute atomic E-state index is 0.165. The van der Waals surface area contributed by atoms with E-state index >= 15 is 0 Å². The van der Waals surface area contributed by atoms with Gasteiger partial charge in [-0.25, -0.2) is 4.39 Å². The fourth-order valence-corrected chi connectivity index (χ4v) is 4.41. The van der Waals surface area contributed by atoms with Gasteiger partial charge in [-0.15, -0.1) is 13.2 Å². The average molecular weight is 519 g/mol. The summed E-state index contributed by atoms with van der Waals surface area (Å²) in [6.07, 6.45) is 11.4. The Morgan fingerprint density at radius 3 is 2.39 bits per heavy atom. The maximum atomic E-state index is 13.8. The van der Waals surface area contributed by atoms with Crippen molar-refractivity contribution in [3.05, 3.63) is 120 Å². The van der Waals surface area contributed by atoms with Crippen molar-refractivity contribution in [2.75, 3.05) is 26.7 Å². The van der Waals surface area contributed by atoms with Crippen LogP contribution < -0.4 is 11.1 Å². The predicted molar refractivity (Wildman–Crippen MR) is 164 cm³/mol. The van der Waals surface area contributed by atoms with Crippen molar-refractivity contribution in [3.63, 3.8) is 0 Å². The largest absolute Gasteiger partial charge is 0.375 e. The maximum Gasteiger partial charge on any atom is 0.127 e. The number of aryl methyl sites for hydroxylation is 2. The van der Waals surface area contributed by atoms with Crippen molar-refractivity contribution in [2.24, 2.45) is 16.6 Å². The number of nitrogens with two attached hydrogens (primary N) is 1. The molecule has 2 aromatic carbocycles. The van der Waals surface area contributed by atoms with Crippen molar-refractivity contribution >= 4 is 6.72 Å². The lowest BCUT2D eigenvalue weighted by Gasteiger charge is -2.35. The Balaban J connectivity index is 0.00000172. The van der Waals surface area contributed by atoms with E-state index in [9.17, 15) is 4.39 Å². The first-order chi connectivity index (χ1) is 18.5. The second kappa shape index (κ2) is 19.8. The van der Waals surface area contributed by atoms with Crippen LogP contribution in [0.1, 0.15) is 42.4 Å². The number of halogens is 1. The smallest absolute Gasteiger partial charge is 0.127 e. The van der Waals surface area contributed by atoms with Crippen LogP contribution in [0.5, 0.6) is 0 Å². The van der Waals surface area contributed by atoms with Gasteiger partial charge in [0.2, 0.25) is 0 Å². The van der Waals surface area contributed by atoms with Gasteiger partial charge in [0, 0.05) is 43.6 Å². The van der Waals surface area contributed by atoms with Crippen LogP contribution in [0.2, 0.25) is 0 Å². The monoisotopic (exact) mass is 518 g/mol. The number of likely N-dealkylation sites (tertiary alicyclic amines) is 1. The number of aliphatic imine (C=N–C) groups is 1. The van der Waals surface area contributed by atoms with E-state index in [1.54, 1.807) is 12.3 Å². The molecule has 1 heterocycles. The van der Waals surface area contributed by atoms with Crippen molar-refractivity contribution in [2.45, 2.75) is 45.6 Å². The normalized spacial score (nSPS) is 13.8. The summed E-state index contributed by atoms with van der Waals surface area (Å²) in [5.74, 6) is 0.482. The van der Waals surface area contributed by atoms with Gasteiger partial charge in [0.25, 0.3) is 0 Å². The van der Waals surface area contributed by atoms with Crippen LogP contribution in [-0.2, 0) is 13.0 Å². The molecule has 0 saturated carbocycles. The molecular weight excluding hydrogens is 471 g/mol. The van der Waals surface area contributed by atoms with E-state index in [2.05, 4.69) is 84.7 Å². The minimum Gasteiger partial charge on any atom is -0.375 e. The molecule has 0 atom stereocenters. The Morgan fingerprint density at radius 2 is 1.76 bits per heavy atom. The molecule has 1 aliphatic heterocycles.